The number of carbonyl (C=O) groups excluding carboxylic acids is 1. The van der Waals surface area contributed by atoms with Crippen LogP contribution in [0.4, 0.5) is 0 Å². The highest BCUT2D eigenvalue weighted by Gasteiger charge is 2.58. The quantitative estimate of drug-likeness (QED) is 0.0103. The molecule has 0 aromatic heterocycles. The number of hydrogen-bond acceptors (Lipinski definition) is 23. The number of rotatable bonds is 17. The van der Waals surface area contributed by atoms with E-state index in [1.165, 1.54) is 56.4 Å². The largest absolute Gasteiger partial charge is 0.478 e. The Kier molecular flexibility index (Phi) is 20.4. The predicted octanol–water partition coefficient (Wildman–Crippen LogP) is -2.67. The van der Waals surface area contributed by atoms with Crippen LogP contribution in [0.5, 0.6) is 0 Å². The van der Waals surface area contributed by atoms with Gasteiger partial charge in [-0.2, -0.15) is 0 Å². The summed E-state index contributed by atoms with van der Waals surface area (Å²) in [4.78, 5) is 39.0. The van der Waals surface area contributed by atoms with Gasteiger partial charge in [-0.25, -0.2) is 9.59 Å². The highest BCUT2D eigenvalue weighted by Crippen LogP contribution is 2.53. The molecule has 0 aromatic rings. The Hall–Kier alpha value is -3.74. The number of aliphatic carboxylic acids is 1. The van der Waals surface area contributed by atoms with Gasteiger partial charge in [0.05, 0.1) is 60.1 Å². The van der Waals surface area contributed by atoms with Gasteiger partial charge in [0.15, 0.2) is 24.3 Å². The molecule has 17 N–H and O–H groups in total. The van der Waals surface area contributed by atoms with E-state index in [-0.39, 0.29) is 91.9 Å². The van der Waals surface area contributed by atoms with E-state index in [1.54, 1.807) is 17.1 Å². The molecule has 1 aliphatic carbocycles. The number of aliphatic imine (C=N–C) groups is 2. The maximum Gasteiger partial charge on any atom is 0.339 e. The summed E-state index contributed by atoms with van der Waals surface area (Å²) in [7, 11) is 7.17. The smallest absolute Gasteiger partial charge is 0.339 e. The van der Waals surface area contributed by atoms with E-state index in [1.807, 2.05) is 6.08 Å². The first-order chi connectivity index (χ1) is 35.5. The zero-order valence-corrected chi connectivity index (χ0v) is 43.6. The number of nitrogens with zero attached hydrogens (tertiary/aromatic N) is 3. The second kappa shape index (κ2) is 26.1. The van der Waals surface area contributed by atoms with Gasteiger partial charge in [0.25, 0.3) is 0 Å². The molecular weight excluding hydrogens is 1050 g/mol. The summed E-state index contributed by atoms with van der Waals surface area (Å²) >= 11 is 0. The van der Waals surface area contributed by atoms with Crippen LogP contribution in [0.25, 0.3) is 0 Å². The third-order valence-corrected chi connectivity index (χ3v) is 19.9. The first-order valence-electron chi connectivity index (χ1n) is 24.0. The molecule has 0 spiro atoms. The molecule has 14 atom stereocenters. The zero-order chi connectivity index (χ0) is 53.3. The second-order valence-corrected chi connectivity index (χ2v) is 23.6. The van der Waals surface area contributed by atoms with E-state index in [2.05, 4.69) is 32.5 Å². The minimum absolute atomic E-state index is 0.0156. The molecule has 0 radical (unpaired) electrons. The summed E-state index contributed by atoms with van der Waals surface area (Å²) in [6, 6.07) is -0.820. The van der Waals surface area contributed by atoms with Gasteiger partial charge in [0.2, 0.25) is 12.1 Å². The van der Waals surface area contributed by atoms with Crippen LogP contribution in [0, 0.1) is 35.5 Å². The Morgan fingerprint density at radius 1 is 1.07 bits per heavy atom. The number of aliphatic hydroxyl groups excluding tert-OH is 6. The van der Waals surface area contributed by atoms with Crippen molar-refractivity contribution in [3.05, 3.63) is 58.7 Å². The summed E-state index contributed by atoms with van der Waals surface area (Å²) in [6.45, 7) is -2.24. The Balaban J connectivity index is 1.52. The number of ether oxygens (including phenoxy) is 5. The lowest BCUT2D eigenvalue weighted by molar-refractivity contribution is -0.416. The summed E-state index contributed by atoms with van der Waals surface area (Å²) in [5.41, 5.74) is 18.4. The van der Waals surface area contributed by atoms with Crippen LogP contribution in [-0.2, 0) is 33.3 Å². The number of likely N-dealkylation sites (N-methyl/N-ethyl adjacent to an activating group) is 1. The number of esters is 1. The van der Waals surface area contributed by atoms with Crippen molar-refractivity contribution in [1.82, 2.24) is 15.5 Å². The average molecular weight is 1120 g/mol. The number of carboxylic acids is 1. The van der Waals surface area contributed by atoms with Crippen LogP contribution >= 0.6 is 43.2 Å². The zero-order valence-electron chi connectivity index (χ0n) is 40.4. The molecule has 6 heterocycles. The molecule has 74 heavy (non-hydrogen) atoms. The number of allylic oxidation sites excluding steroid dienone is 1. The lowest BCUT2D eigenvalue weighted by Gasteiger charge is -2.48. The topological polar surface area (TPSA) is 392 Å². The molecule has 24 nitrogen and oxygen atoms in total. The van der Waals surface area contributed by atoms with Crippen molar-refractivity contribution in [3.63, 3.8) is 0 Å². The van der Waals surface area contributed by atoms with Gasteiger partial charge in [-0.1, -0.05) is 67.2 Å². The maximum atomic E-state index is 15.1. The van der Waals surface area contributed by atoms with Crippen LogP contribution in [0.3, 0.4) is 0 Å². The van der Waals surface area contributed by atoms with Gasteiger partial charge in [-0.3, -0.25) is 15.3 Å². The lowest BCUT2D eigenvalue weighted by atomic mass is 9.77. The summed E-state index contributed by atoms with van der Waals surface area (Å²) in [6.07, 6.45) is -1.83. The van der Waals surface area contributed by atoms with E-state index in [0.29, 0.717) is 29.9 Å². The molecule has 28 heteroatoms. The minimum Gasteiger partial charge on any atom is -0.478 e. The molecule has 6 bridgehead atoms. The van der Waals surface area contributed by atoms with E-state index in [4.69, 9.17) is 40.9 Å². The van der Waals surface area contributed by atoms with Crippen LogP contribution in [0.2, 0.25) is 0 Å². The van der Waals surface area contributed by atoms with Gasteiger partial charge < -0.3 is 97.1 Å². The normalized spacial score (nSPS) is 34.4. The van der Waals surface area contributed by atoms with Crippen LogP contribution in [-0.4, -0.2) is 211 Å². The van der Waals surface area contributed by atoms with Crippen molar-refractivity contribution in [3.8, 4) is 11.8 Å². The van der Waals surface area contributed by atoms with Crippen LogP contribution in [0.1, 0.15) is 25.7 Å². The van der Waals surface area contributed by atoms with Gasteiger partial charge in [-0.05, 0) is 50.3 Å². The van der Waals surface area contributed by atoms with Crippen LogP contribution < -0.4 is 27.8 Å². The first kappa shape index (κ1) is 58.0. The number of guanidine groups is 2. The molecule has 1 saturated carbocycles. The SMILES string of the molecule is CNC(CO)OC1C(OC2OC=C3C(=O)OC4CCC(CO)C4CSSC4C(CO)N5C=C(C(=O)O)C(NC(N)=NCCCO)=C(C=C6C#CC4(CCN=C(N)N)SSCC=CC2C63)C5)OC(CO)C(O)C1(O)O. The van der Waals surface area contributed by atoms with Crippen molar-refractivity contribution in [2.75, 3.05) is 71.2 Å². The van der Waals surface area contributed by atoms with Crippen molar-refractivity contribution in [1.29, 1.82) is 0 Å². The number of fused-ring (bicyclic) bond motifs is 3. The van der Waals surface area contributed by atoms with Gasteiger partial charge in [0, 0.05) is 68.0 Å². The molecule has 1 saturated heterocycles. The van der Waals surface area contributed by atoms with Crippen LogP contribution in [0.15, 0.2) is 68.7 Å². The van der Waals surface area contributed by atoms with E-state index < -0.39 is 109 Å². The van der Waals surface area contributed by atoms with E-state index in [0.717, 1.165) is 6.26 Å². The van der Waals surface area contributed by atoms with Crippen molar-refractivity contribution < 1.29 is 79.2 Å². The standard InChI is InChI=1S/C46H66N8O16S4/c1-50-33(20-59)69-37-42(68-32(19-58)36(60)46(37,64)65)70-41-26-4-2-13-71-74-45(9-11-51-43(47)48)8-7-23-14-25-15-54(16-27(39(61)62)35(25)53-44(49)52-10-3-12-55)30(18-57)38(45)73-72-22-29-24(17-56)5-6-31(29)67-40(63)28(21-66-41)34(23)26/h2,4,14,16,21,24,26,29-34,36-38,41-42,50,55-60,64-65H,3,5-6,9-13,15,17-20,22H2,1H3,(H,61,62)(H4,47,48,51)(H3,49,52,53). The fourth-order valence-corrected chi connectivity index (χ4v) is 16.9. The van der Waals surface area contributed by atoms with Crippen molar-refractivity contribution in [2.24, 2.45) is 50.9 Å². The first-order valence-corrected chi connectivity index (χ1v) is 28.7. The Labute approximate surface area is 443 Å². The summed E-state index contributed by atoms with van der Waals surface area (Å²) in [5, 5.41) is 102. The Morgan fingerprint density at radius 2 is 1.86 bits per heavy atom. The fourth-order valence-electron chi connectivity index (χ4n) is 9.88. The van der Waals surface area contributed by atoms with Crippen molar-refractivity contribution in [2.45, 2.75) is 90.7 Å². The molecule has 0 aromatic carbocycles. The Bertz CT molecular complexity index is 2310. The monoisotopic (exact) mass is 1110 g/mol. The van der Waals surface area contributed by atoms with Gasteiger partial charge >= 0.3 is 11.9 Å². The minimum atomic E-state index is -3.15. The highest BCUT2D eigenvalue weighted by molar-refractivity contribution is 8.79. The number of carbonyl (C=O) groups is 2. The van der Waals surface area contributed by atoms with Crippen molar-refractivity contribution >= 4 is 67.0 Å². The molecule has 7 aliphatic rings. The highest BCUT2D eigenvalue weighted by atomic mass is 33.1. The Morgan fingerprint density at radius 3 is 2.55 bits per heavy atom. The predicted molar refractivity (Wildman–Crippen MR) is 276 cm³/mol. The van der Waals surface area contributed by atoms with Gasteiger partial charge in [0.1, 0.15) is 29.3 Å². The molecule has 14 unspecified atom stereocenters. The van der Waals surface area contributed by atoms with E-state index in [9.17, 15) is 50.8 Å². The average Bonchev–Trinajstić information content (AvgIpc) is 3.74. The molecule has 7 rings (SSSR count). The number of aliphatic hydroxyl groups is 8. The summed E-state index contributed by atoms with van der Waals surface area (Å²) < 4.78 is 29.9. The maximum absolute atomic E-state index is 15.1. The molecule has 2 fully saturated rings. The number of hydrogen-bond donors (Lipinski definition) is 14. The van der Waals surface area contributed by atoms with E-state index >= 15 is 4.79 Å². The molecule has 410 valence electrons. The van der Waals surface area contributed by atoms with Gasteiger partial charge in [-0.15, -0.1) is 0 Å². The summed E-state index contributed by atoms with van der Waals surface area (Å²) in [5.74, 6) is -0.793. The second-order valence-electron chi connectivity index (χ2n) is 18.4. The fraction of sp³-hybridized carbons (Fsp3) is 0.652. The number of carboxylic acid groups (broad SMARTS) is 1. The lowest BCUT2D eigenvalue weighted by Crippen LogP contribution is -2.69. The third kappa shape index (κ3) is 12.8. The molecular formula is C46H66N8O16S4. The molecule has 0 amide bonds. The molecule has 6 aliphatic heterocycles. The number of nitrogens with one attached hydrogen (secondary N) is 2. The number of nitrogens with two attached hydrogens (primary N) is 3. The third-order valence-electron chi connectivity index (χ3n) is 13.8.